The van der Waals surface area contributed by atoms with Gasteiger partial charge in [-0.3, -0.25) is 4.18 Å². The Morgan fingerprint density at radius 3 is 2.11 bits per heavy atom. The lowest BCUT2D eigenvalue weighted by Crippen LogP contribution is -2.22. The van der Waals surface area contributed by atoms with Crippen LogP contribution in [0.4, 0.5) is 0 Å². The van der Waals surface area contributed by atoms with Crippen molar-refractivity contribution in [2.45, 2.75) is 31.8 Å². The summed E-state index contributed by atoms with van der Waals surface area (Å²) in [6, 6.07) is 0. The lowest BCUT2D eigenvalue weighted by atomic mass is 9.93. The molecule has 18 heavy (non-hydrogen) atoms. The van der Waals surface area contributed by atoms with Crippen molar-refractivity contribution in [2.24, 2.45) is 5.92 Å². The Labute approximate surface area is 109 Å². The Morgan fingerprint density at radius 1 is 1.28 bits per heavy atom. The van der Waals surface area contributed by atoms with Gasteiger partial charge in [0.25, 0.3) is 0 Å². The van der Waals surface area contributed by atoms with Crippen molar-refractivity contribution in [3.05, 3.63) is 25.3 Å². The van der Waals surface area contributed by atoms with Gasteiger partial charge in [-0.15, -0.1) is 13.2 Å². The van der Waals surface area contributed by atoms with E-state index in [2.05, 4.69) is 17.3 Å². The molecule has 0 spiro atoms. The zero-order valence-electron chi connectivity index (χ0n) is 10.7. The summed E-state index contributed by atoms with van der Waals surface area (Å²) in [6.45, 7) is 6.99. The maximum atomic E-state index is 10.5. The van der Waals surface area contributed by atoms with Crippen molar-refractivity contribution < 1.29 is 22.3 Å². The fourth-order valence-corrected chi connectivity index (χ4v) is 2.16. The van der Waals surface area contributed by atoms with Crippen LogP contribution in [-0.4, -0.2) is 30.8 Å². The minimum Gasteiger partial charge on any atom is -0.726 e. The van der Waals surface area contributed by atoms with Crippen LogP contribution in [0.3, 0.4) is 0 Å². The number of aliphatic hydroxyl groups is 1. The summed E-state index contributed by atoms with van der Waals surface area (Å²) in [5, 5.41) is 8.79. The van der Waals surface area contributed by atoms with Crippen LogP contribution >= 0.6 is 0 Å². The molecule has 0 heterocycles. The number of quaternary nitrogens is 1. The summed E-state index contributed by atoms with van der Waals surface area (Å²) < 4.78 is 35.9. The van der Waals surface area contributed by atoms with E-state index < -0.39 is 16.5 Å². The van der Waals surface area contributed by atoms with Crippen LogP contribution in [0.15, 0.2) is 25.3 Å². The first-order chi connectivity index (χ1) is 7.92. The highest BCUT2D eigenvalue weighted by atomic mass is 32.3. The summed E-state index contributed by atoms with van der Waals surface area (Å²) in [6.07, 6.45) is 4.50. The SMILES string of the molecule is C=CCC(CC=C)CC(CCO)OS(=O)(=O)[O-].[NH4+]. The van der Waals surface area contributed by atoms with Gasteiger partial charge in [-0.2, -0.15) is 0 Å². The molecule has 0 aromatic carbocycles. The molecular weight excluding hydrogens is 258 g/mol. The summed E-state index contributed by atoms with van der Waals surface area (Å²) >= 11 is 0. The average Bonchev–Trinajstić information content (AvgIpc) is 2.16. The van der Waals surface area contributed by atoms with Crippen molar-refractivity contribution >= 4 is 10.4 Å². The Bertz CT molecular complexity index is 318. The monoisotopic (exact) mass is 281 g/mol. The molecule has 7 heteroatoms. The molecule has 0 aliphatic carbocycles. The molecule has 0 saturated heterocycles. The standard InChI is InChI=1S/C11H20O5S.H3N/c1-3-5-10(6-4-2)9-11(7-8-12)16-17(13,14)15;/h3-4,10-12H,1-2,5-9H2,(H,13,14,15);1H3. The summed E-state index contributed by atoms with van der Waals surface area (Å²) in [5.74, 6) is 0.114. The lowest BCUT2D eigenvalue weighted by Gasteiger charge is -2.22. The summed E-state index contributed by atoms with van der Waals surface area (Å²) in [4.78, 5) is 0. The zero-order chi connectivity index (χ0) is 13.3. The molecule has 108 valence electrons. The van der Waals surface area contributed by atoms with Crippen molar-refractivity contribution in [1.82, 2.24) is 6.15 Å². The highest BCUT2D eigenvalue weighted by molar-refractivity contribution is 7.80. The molecule has 0 aromatic rings. The largest absolute Gasteiger partial charge is 0.726 e. The molecule has 0 aliphatic rings. The van der Waals surface area contributed by atoms with Gasteiger partial charge in [-0.1, -0.05) is 12.2 Å². The first-order valence-corrected chi connectivity index (χ1v) is 6.73. The van der Waals surface area contributed by atoms with Gasteiger partial charge in [-0.05, 0) is 31.6 Å². The zero-order valence-corrected chi connectivity index (χ0v) is 11.6. The highest BCUT2D eigenvalue weighted by Gasteiger charge is 2.17. The maximum Gasteiger partial charge on any atom is 0.217 e. The Hall–Kier alpha value is -0.730. The van der Waals surface area contributed by atoms with E-state index in [0.717, 1.165) is 0 Å². The van der Waals surface area contributed by atoms with Gasteiger partial charge in [0.15, 0.2) is 0 Å². The third kappa shape index (κ3) is 10.4. The van der Waals surface area contributed by atoms with Crippen LogP contribution in [0, 0.1) is 5.92 Å². The van der Waals surface area contributed by atoms with Crippen LogP contribution in [0.25, 0.3) is 0 Å². The van der Waals surface area contributed by atoms with E-state index in [1.54, 1.807) is 12.2 Å². The number of aliphatic hydroxyl groups excluding tert-OH is 1. The van der Waals surface area contributed by atoms with Gasteiger partial charge in [0.1, 0.15) is 0 Å². The molecule has 6 nitrogen and oxygen atoms in total. The molecule has 0 radical (unpaired) electrons. The van der Waals surface area contributed by atoms with Crippen LogP contribution < -0.4 is 6.15 Å². The minimum atomic E-state index is -4.73. The van der Waals surface area contributed by atoms with E-state index in [9.17, 15) is 13.0 Å². The van der Waals surface area contributed by atoms with Gasteiger partial charge in [0, 0.05) is 6.61 Å². The number of hydrogen-bond donors (Lipinski definition) is 2. The fraction of sp³-hybridized carbons (Fsp3) is 0.636. The first kappa shape index (κ1) is 19.6. The van der Waals surface area contributed by atoms with Gasteiger partial charge < -0.3 is 15.8 Å². The molecule has 0 rings (SSSR count). The molecule has 0 fully saturated rings. The number of allylic oxidation sites excluding steroid dienone is 2. The third-order valence-corrected chi connectivity index (χ3v) is 2.81. The maximum absolute atomic E-state index is 10.5. The molecule has 5 N–H and O–H groups in total. The van der Waals surface area contributed by atoms with E-state index in [0.29, 0.717) is 19.3 Å². The molecule has 1 atom stereocenters. The van der Waals surface area contributed by atoms with Gasteiger partial charge >= 0.3 is 0 Å². The normalized spacial score (nSPS) is 12.8. The minimum absolute atomic E-state index is 0. The second-order valence-electron chi connectivity index (χ2n) is 3.79. The van der Waals surface area contributed by atoms with Gasteiger partial charge in [0.2, 0.25) is 10.4 Å². The molecule has 1 unspecified atom stereocenters. The second-order valence-corrected chi connectivity index (χ2v) is 4.80. The van der Waals surface area contributed by atoms with Crippen LogP contribution in [-0.2, 0) is 14.6 Å². The van der Waals surface area contributed by atoms with Gasteiger partial charge in [0.05, 0.1) is 6.10 Å². The Balaban J connectivity index is 0. The van der Waals surface area contributed by atoms with Crippen LogP contribution in [0.5, 0.6) is 0 Å². The summed E-state index contributed by atoms with van der Waals surface area (Å²) in [7, 11) is -4.73. The predicted octanol–water partition coefficient (Wildman–Crippen LogP) is 1.75. The number of rotatable bonds is 10. The third-order valence-electron chi connectivity index (χ3n) is 2.30. The van der Waals surface area contributed by atoms with E-state index in [4.69, 9.17) is 5.11 Å². The molecule has 0 bridgehead atoms. The van der Waals surface area contributed by atoms with E-state index >= 15 is 0 Å². The predicted molar refractivity (Wildman–Crippen MR) is 70.0 cm³/mol. The molecular formula is C11H23NO5S. The van der Waals surface area contributed by atoms with Crippen molar-refractivity contribution in [3.63, 3.8) is 0 Å². The topological polar surface area (TPSA) is 123 Å². The van der Waals surface area contributed by atoms with E-state index in [1.165, 1.54) is 0 Å². The first-order valence-electron chi connectivity index (χ1n) is 5.39. The molecule has 0 amide bonds. The van der Waals surface area contributed by atoms with E-state index in [-0.39, 0.29) is 25.1 Å². The summed E-state index contributed by atoms with van der Waals surface area (Å²) in [5.41, 5.74) is 0. The Morgan fingerprint density at radius 2 is 1.78 bits per heavy atom. The van der Waals surface area contributed by atoms with Crippen molar-refractivity contribution in [2.75, 3.05) is 6.61 Å². The van der Waals surface area contributed by atoms with Crippen molar-refractivity contribution in [3.8, 4) is 0 Å². The lowest BCUT2D eigenvalue weighted by molar-refractivity contribution is 0.119. The van der Waals surface area contributed by atoms with Crippen molar-refractivity contribution in [1.29, 1.82) is 0 Å². The molecule has 0 aliphatic heterocycles. The molecule has 0 saturated carbocycles. The quantitative estimate of drug-likeness (QED) is 0.358. The smallest absolute Gasteiger partial charge is 0.217 e. The highest BCUT2D eigenvalue weighted by Crippen LogP contribution is 2.21. The van der Waals surface area contributed by atoms with Crippen LogP contribution in [0.2, 0.25) is 0 Å². The second kappa shape index (κ2) is 10.2. The van der Waals surface area contributed by atoms with E-state index in [1.807, 2.05) is 0 Å². The average molecular weight is 281 g/mol. The fourth-order valence-electron chi connectivity index (χ4n) is 1.65. The van der Waals surface area contributed by atoms with Crippen LogP contribution in [0.1, 0.15) is 25.7 Å². The number of hydrogen-bond acceptors (Lipinski definition) is 5. The van der Waals surface area contributed by atoms with Gasteiger partial charge in [-0.25, -0.2) is 8.42 Å². The molecule has 0 aromatic heterocycles. The Kier molecular flexibility index (Phi) is 11.1.